The van der Waals surface area contributed by atoms with Crippen molar-refractivity contribution in [3.05, 3.63) is 30.5 Å². The SMILES string of the molecule is Nc1ccc(N2CCCCC2CO)c2ncccc12. The van der Waals surface area contributed by atoms with Crippen molar-refractivity contribution in [1.29, 1.82) is 0 Å². The van der Waals surface area contributed by atoms with Gasteiger partial charge < -0.3 is 15.7 Å². The fourth-order valence-corrected chi connectivity index (χ4v) is 2.92. The molecule has 0 radical (unpaired) electrons. The van der Waals surface area contributed by atoms with Gasteiger partial charge in [-0.05, 0) is 43.5 Å². The van der Waals surface area contributed by atoms with Gasteiger partial charge in [0.15, 0.2) is 0 Å². The maximum absolute atomic E-state index is 9.56. The number of aliphatic hydroxyl groups is 1. The highest BCUT2D eigenvalue weighted by Gasteiger charge is 2.23. The first-order chi connectivity index (χ1) is 9.31. The Morgan fingerprint density at radius 1 is 1.32 bits per heavy atom. The predicted octanol–water partition coefficient (Wildman–Crippen LogP) is 2.17. The Balaban J connectivity index is 2.11. The smallest absolute Gasteiger partial charge is 0.0956 e. The molecular weight excluding hydrogens is 238 g/mol. The summed E-state index contributed by atoms with van der Waals surface area (Å²) in [4.78, 5) is 6.76. The number of nitrogen functional groups attached to an aromatic ring is 1. The van der Waals surface area contributed by atoms with Crippen molar-refractivity contribution in [2.75, 3.05) is 23.8 Å². The van der Waals surface area contributed by atoms with E-state index in [-0.39, 0.29) is 12.6 Å². The first-order valence-electron chi connectivity index (χ1n) is 6.82. The summed E-state index contributed by atoms with van der Waals surface area (Å²) in [6.45, 7) is 1.17. The molecule has 0 spiro atoms. The van der Waals surface area contributed by atoms with E-state index in [1.165, 1.54) is 6.42 Å². The van der Waals surface area contributed by atoms with Crippen molar-refractivity contribution < 1.29 is 5.11 Å². The van der Waals surface area contributed by atoms with E-state index >= 15 is 0 Å². The number of hydrogen-bond acceptors (Lipinski definition) is 4. The summed E-state index contributed by atoms with van der Waals surface area (Å²) in [6, 6.07) is 8.06. The molecule has 0 aliphatic carbocycles. The molecule has 1 aliphatic rings. The zero-order valence-corrected chi connectivity index (χ0v) is 10.9. The third-order valence-electron chi connectivity index (χ3n) is 3.93. The molecular formula is C15H19N3O. The maximum Gasteiger partial charge on any atom is 0.0956 e. The van der Waals surface area contributed by atoms with Crippen LogP contribution in [0.2, 0.25) is 0 Å². The van der Waals surface area contributed by atoms with Gasteiger partial charge in [0, 0.05) is 23.8 Å². The van der Waals surface area contributed by atoms with Gasteiger partial charge in [-0.1, -0.05) is 0 Å². The summed E-state index contributed by atoms with van der Waals surface area (Å²) in [5.41, 5.74) is 8.79. The summed E-state index contributed by atoms with van der Waals surface area (Å²) in [5.74, 6) is 0. The second-order valence-corrected chi connectivity index (χ2v) is 5.10. The van der Waals surface area contributed by atoms with Gasteiger partial charge in [0.1, 0.15) is 0 Å². The minimum absolute atomic E-state index is 0.193. The van der Waals surface area contributed by atoms with Gasteiger partial charge in [-0.15, -0.1) is 0 Å². The van der Waals surface area contributed by atoms with Crippen LogP contribution in [-0.4, -0.2) is 29.3 Å². The van der Waals surface area contributed by atoms with E-state index in [2.05, 4.69) is 9.88 Å². The van der Waals surface area contributed by atoms with Crippen LogP contribution in [0.4, 0.5) is 11.4 Å². The summed E-state index contributed by atoms with van der Waals surface area (Å²) >= 11 is 0. The lowest BCUT2D eigenvalue weighted by Gasteiger charge is -2.37. The first-order valence-corrected chi connectivity index (χ1v) is 6.82. The van der Waals surface area contributed by atoms with Crippen LogP contribution >= 0.6 is 0 Å². The van der Waals surface area contributed by atoms with Crippen LogP contribution in [-0.2, 0) is 0 Å². The Hall–Kier alpha value is -1.81. The second-order valence-electron chi connectivity index (χ2n) is 5.10. The first kappa shape index (κ1) is 12.2. The van der Waals surface area contributed by atoms with Gasteiger partial charge >= 0.3 is 0 Å². The van der Waals surface area contributed by atoms with E-state index in [0.717, 1.165) is 41.7 Å². The molecule has 0 bridgehead atoms. The molecule has 1 aromatic carbocycles. The van der Waals surface area contributed by atoms with E-state index in [1.807, 2.05) is 24.3 Å². The Kier molecular flexibility index (Phi) is 3.25. The summed E-state index contributed by atoms with van der Waals surface area (Å²) < 4.78 is 0. The van der Waals surface area contributed by atoms with E-state index in [4.69, 9.17) is 5.73 Å². The fraction of sp³-hybridized carbons (Fsp3) is 0.400. The molecule has 1 aromatic heterocycles. The summed E-state index contributed by atoms with van der Waals surface area (Å²) in [7, 11) is 0. The molecule has 1 saturated heterocycles. The number of hydrogen-bond donors (Lipinski definition) is 2. The number of pyridine rings is 1. The zero-order chi connectivity index (χ0) is 13.2. The molecule has 1 unspecified atom stereocenters. The second kappa shape index (κ2) is 5.05. The van der Waals surface area contributed by atoms with Crippen molar-refractivity contribution in [2.45, 2.75) is 25.3 Å². The number of fused-ring (bicyclic) bond motifs is 1. The Morgan fingerprint density at radius 2 is 2.21 bits per heavy atom. The molecule has 2 aromatic rings. The molecule has 1 atom stereocenters. The minimum atomic E-state index is 0.193. The van der Waals surface area contributed by atoms with Crippen molar-refractivity contribution in [3.8, 4) is 0 Å². The maximum atomic E-state index is 9.56. The van der Waals surface area contributed by atoms with E-state index < -0.39 is 0 Å². The average molecular weight is 257 g/mol. The topological polar surface area (TPSA) is 62.4 Å². The van der Waals surface area contributed by atoms with Crippen molar-refractivity contribution >= 4 is 22.3 Å². The van der Waals surface area contributed by atoms with Crippen LogP contribution < -0.4 is 10.6 Å². The Labute approximate surface area is 112 Å². The predicted molar refractivity (Wildman–Crippen MR) is 78.2 cm³/mol. The van der Waals surface area contributed by atoms with E-state index in [0.29, 0.717) is 0 Å². The number of anilines is 2. The highest BCUT2D eigenvalue weighted by Crippen LogP contribution is 2.32. The number of nitrogens with two attached hydrogens (primary N) is 1. The molecule has 2 heterocycles. The molecule has 100 valence electrons. The monoisotopic (exact) mass is 257 g/mol. The molecule has 1 fully saturated rings. The van der Waals surface area contributed by atoms with Gasteiger partial charge in [0.25, 0.3) is 0 Å². The third-order valence-corrected chi connectivity index (χ3v) is 3.93. The van der Waals surface area contributed by atoms with Crippen LogP contribution in [0, 0.1) is 0 Å². The fourth-order valence-electron chi connectivity index (χ4n) is 2.92. The number of aromatic nitrogens is 1. The molecule has 19 heavy (non-hydrogen) atoms. The van der Waals surface area contributed by atoms with E-state index in [9.17, 15) is 5.11 Å². The molecule has 4 heteroatoms. The molecule has 0 saturated carbocycles. The number of rotatable bonds is 2. The van der Waals surface area contributed by atoms with Crippen molar-refractivity contribution in [2.24, 2.45) is 0 Å². The molecule has 4 nitrogen and oxygen atoms in total. The van der Waals surface area contributed by atoms with Crippen LogP contribution in [0.5, 0.6) is 0 Å². The van der Waals surface area contributed by atoms with Crippen molar-refractivity contribution in [1.82, 2.24) is 4.98 Å². The van der Waals surface area contributed by atoms with Crippen molar-refractivity contribution in [3.63, 3.8) is 0 Å². The quantitative estimate of drug-likeness (QED) is 0.809. The lowest BCUT2D eigenvalue weighted by molar-refractivity contribution is 0.240. The number of benzene rings is 1. The lowest BCUT2D eigenvalue weighted by Crippen LogP contribution is -2.42. The summed E-state index contributed by atoms with van der Waals surface area (Å²) in [5, 5.41) is 10.6. The Bertz CT molecular complexity index is 585. The lowest BCUT2D eigenvalue weighted by atomic mass is 10.0. The Morgan fingerprint density at radius 3 is 3.05 bits per heavy atom. The normalized spacial score (nSPS) is 19.8. The van der Waals surface area contributed by atoms with Gasteiger partial charge in [-0.2, -0.15) is 0 Å². The highest BCUT2D eigenvalue weighted by atomic mass is 16.3. The van der Waals surface area contributed by atoms with Crippen LogP contribution in [0.15, 0.2) is 30.5 Å². The summed E-state index contributed by atoms with van der Waals surface area (Å²) in [6.07, 6.45) is 5.18. The zero-order valence-electron chi connectivity index (χ0n) is 10.9. The van der Waals surface area contributed by atoms with Crippen LogP contribution in [0.3, 0.4) is 0 Å². The van der Waals surface area contributed by atoms with Crippen LogP contribution in [0.25, 0.3) is 10.9 Å². The van der Waals surface area contributed by atoms with Gasteiger partial charge in [-0.3, -0.25) is 4.98 Å². The minimum Gasteiger partial charge on any atom is -0.398 e. The third kappa shape index (κ3) is 2.12. The number of nitrogens with zero attached hydrogens (tertiary/aromatic N) is 2. The molecule has 0 amide bonds. The van der Waals surface area contributed by atoms with Gasteiger partial charge in [-0.25, -0.2) is 0 Å². The molecule has 3 N–H and O–H groups in total. The van der Waals surface area contributed by atoms with Crippen LogP contribution in [0.1, 0.15) is 19.3 Å². The average Bonchev–Trinajstić information content (AvgIpc) is 2.48. The van der Waals surface area contributed by atoms with Gasteiger partial charge in [0.05, 0.1) is 23.9 Å². The standard InChI is InChI=1S/C15H19N3O/c16-13-6-7-14(15-12(13)5-3-8-17-15)18-9-2-1-4-11(18)10-19/h3,5-8,11,19H,1-2,4,9-10,16H2. The molecule has 3 rings (SSSR count). The number of aliphatic hydroxyl groups excluding tert-OH is 1. The van der Waals surface area contributed by atoms with E-state index in [1.54, 1.807) is 6.20 Å². The molecule has 1 aliphatic heterocycles. The largest absolute Gasteiger partial charge is 0.398 e. The van der Waals surface area contributed by atoms with Gasteiger partial charge in [0.2, 0.25) is 0 Å². The number of piperidine rings is 1. The highest BCUT2D eigenvalue weighted by molar-refractivity contribution is 5.98.